The first-order valence-corrected chi connectivity index (χ1v) is 6.37. The molecule has 1 fully saturated rings. The molecule has 16 heavy (non-hydrogen) atoms. The first kappa shape index (κ1) is 13.5. The highest BCUT2D eigenvalue weighted by molar-refractivity contribution is 5.82. The summed E-state index contributed by atoms with van der Waals surface area (Å²) < 4.78 is 0. The van der Waals surface area contributed by atoms with Crippen molar-refractivity contribution < 1.29 is 9.90 Å². The number of carbonyl (C=O) groups excluding carboxylic acids is 1. The second-order valence-electron chi connectivity index (χ2n) is 4.59. The lowest BCUT2D eigenvalue weighted by Gasteiger charge is -2.39. The zero-order valence-electron chi connectivity index (χ0n) is 10.2. The molecule has 0 bridgehead atoms. The third-order valence-corrected chi connectivity index (χ3v) is 3.27. The molecule has 0 aliphatic heterocycles. The van der Waals surface area contributed by atoms with E-state index in [0.29, 0.717) is 19.0 Å². The van der Waals surface area contributed by atoms with Crippen molar-refractivity contribution in [3.63, 3.8) is 0 Å². The van der Waals surface area contributed by atoms with Crippen LogP contribution in [0.15, 0.2) is 0 Å². The molecule has 1 saturated carbocycles. The van der Waals surface area contributed by atoms with Gasteiger partial charge in [0, 0.05) is 19.2 Å². The van der Waals surface area contributed by atoms with Gasteiger partial charge in [-0.1, -0.05) is 13.3 Å². The molecule has 0 radical (unpaired) electrons. The van der Waals surface area contributed by atoms with E-state index in [1.165, 1.54) is 6.42 Å². The molecule has 94 valence electrons. The van der Waals surface area contributed by atoms with Crippen molar-refractivity contribution in [3.05, 3.63) is 0 Å². The van der Waals surface area contributed by atoms with Gasteiger partial charge in [-0.05, 0) is 32.1 Å². The number of hydrogen-bond acceptors (Lipinski definition) is 3. The van der Waals surface area contributed by atoms with Crippen molar-refractivity contribution in [1.29, 1.82) is 0 Å². The summed E-state index contributed by atoms with van der Waals surface area (Å²) in [7, 11) is 0. The first-order chi connectivity index (χ1) is 7.70. The summed E-state index contributed by atoms with van der Waals surface area (Å²) in [6.45, 7) is 2.82. The van der Waals surface area contributed by atoms with E-state index in [-0.39, 0.29) is 18.6 Å². The van der Waals surface area contributed by atoms with Gasteiger partial charge < -0.3 is 15.7 Å². The minimum Gasteiger partial charge on any atom is -0.396 e. The molecule has 1 rings (SSSR count). The van der Waals surface area contributed by atoms with E-state index in [2.05, 4.69) is 0 Å². The molecule has 0 aromatic heterocycles. The van der Waals surface area contributed by atoms with E-state index in [9.17, 15) is 4.79 Å². The maximum atomic E-state index is 12.1. The maximum Gasteiger partial charge on any atom is 0.239 e. The number of carbonyl (C=O) groups is 1. The molecule has 1 aliphatic carbocycles. The Morgan fingerprint density at radius 2 is 2.25 bits per heavy atom. The number of aliphatic hydroxyl groups is 1. The van der Waals surface area contributed by atoms with Gasteiger partial charge in [0.1, 0.15) is 0 Å². The Kier molecular flexibility index (Phi) is 5.77. The predicted molar refractivity (Wildman–Crippen MR) is 63.9 cm³/mol. The van der Waals surface area contributed by atoms with Crippen LogP contribution in [0.4, 0.5) is 0 Å². The van der Waals surface area contributed by atoms with Crippen LogP contribution in [-0.2, 0) is 4.79 Å². The molecule has 4 heteroatoms. The van der Waals surface area contributed by atoms with E-state index in [4.69, 9.17) is 10.8 Å². The van der Waals surface area contributed by atoms with Gasteiger partial charge in [-0.2, -0.15) is 0 Å². The van der Waals surface area contributed by atoms with Crippen molar-refractivity contribution in [1.82, 2.24) is 4.90 Å². The molecule has 4 nitrogen and oxygen atoms in total. The van der Waals surface area contributed by atoms with Gasteiger partial charge in [-0.25, -0.2) is 0 Å². The van der Waals surface area contributed by atoms with Crippen molar-refractivity contribution in [2.24, 2.45) is 5.73 Å². The Morgan fingerprint density at radius 1 is 1.56 bits per heavy atom. The summed E-state index contributed by atoms with van der Waals surface area (Å²) in [5.74, 6) is 0.0694. The second-order valence-corrected chi connectivity index (χ2v) is 4.59. The van der Waals surface area contributed by atoms with Crippen LogP contribution in [0, 0.1) is 0 Å². The number of nitrogens with two attached hydrogens (primary N) is 1. The van der Waals surface area contributed by atoms with Gasteiger partial charge in [0.25, 0.3) is 0 Å². The molecular weight excluding hydrogens is 204 g/mol. The SMILES string of the molecule is CCCC(N)C(=O)N(CCCO)C1CCC1. The number of aliphatic hydroxyl groups excluding tert-OH is 1. The zero-order chi connectivity index (χ0) is 12.0. The van der Waals surface area contributed by atoms with Crippen molar-refractivity contribution in [2.75, 3.05) is 13.2 Å². The van der Waals surface area contributed by atoms with Gasteiger partial charge >= 0.3 is 0 Å². The van der Waals surface area contributed by atoms with Gasteiger partial charge in [-0.3, -0.25) is 4.79 Å². The third kappa shape index (κ3) is 3.46. The molecule has 1 atom stereocenters. The highest BCUT2D eigenvalue weighted by atomic mass is 16.3. The summed E-state index contributed by atoms with van der Waals surface area (Å²) in [5.41, 5.74) is 5.86. The fourth-order valence-corrected chi connectivity index (χ4v) is 2.06. The van der Waals surface area contributed by atoms with Crippen molar-refractivity contribution in [3.8, 4) is 0 Å². The monoisotopic (exact) mass is 228 g/mol. The second kappa shape index (κ2) is 6.86. The van der Waals surface area contributed by atoms with Gasteiger partial charge in [0.15, 0.2) is 0 Å². The zero-order valence-corrected chi connectivity index (χ0v) is 10.2. The molecule has 1 amide bonds. The minimum atomic E-state index is -0.357. The minimum absolute atomic E-state index is 0.0694. The van der Waals surface area contributed by atoms with Crippen LogP contribution < -0.4 is 5.73 Å². The van der Waals surface area contributed by atoms with E-state index in [0.717, 1.165) is 25.7 Å². The average molecular weight is 228 g/mol. The molecular formula is C12H24N2O2. The van der Waals surface area contributed by atoms with Crippen LogP contribution in [0.2, 0.25) is 0 Å². The Balaban J connectivity index is 2.49. The lowest BCUT2D eigenvalue weighted by atomic mass is 9.90. The van der Waals surface area contributed by atoms with Crippen LogP contribution in [0.25, 0.3) is 0 Å². The summed E-state index contributed by atoms with van der Waals surface area (Å²) in [4.78, 5) is 14.0. The average Bonchev–Trinajstić information content (AvgIpc) is 2.20. The van der Waals surface area contributed by atoms with Crippen LogP contribution in [0.3, 0.4) is 0 Å². The summed E-state index contributed by atoms with van der Waals surface area (Å²) in [5, 5.41) is 8.84. The number of hydrogen-bond donors (Lipinski definition) is 2. The number of rotatable bonds is 7. The highest BCUT2D eigenvalue weighted by Gasteiger charge is 2.30. The van der Waals surface area contributed by atoms with Crippen LogP contribution in [-0.4, -0.2) is 41.1 Å². The van der Waals surface area contributed by atoms with Crippen molar-refractivity contribution >= 4 is 5.91 Å². The fraction of sp³-hybridized carbons (Fsp3) is 0.917. The summed E-state index contributed by atoms with van der Waals surface area (Å²) in [6.07, 6.45) is 5.73. The van der Waals surface area contributed by atoms with Crippen LogP contribution in [0.5, 0.6) is 0 Å². The molecule has 0 spiro atoms. The van der Waals surface area contributed by atoms with E-state index in [1.54, 1.807) is 0 Å². The Hall–Kier alpha value is -0.610. The van der Waals surface area contributed by atoms with Crippen LogP contribution >= 0.6 is 0 Å². The maximum absolute atomic E-state index is 12.1. The topological polar surface area (TPSA) is 66.6 Å². The summed E-state index contributed by atoms with van der Waals surface area (Å²) in [6, 6.07) is 0.0197. The summed E-state index contributed by atoms with van der Waals surface area (Å²) >= 11 is 0. The van der Waals surface area contributed by atoms with Crippen LogP contribution in [0.1, 0.15) is 45.4 Å². The van der Waals surface area contributed by atoms with Gasteiger partial charge in [-0.15, -0.1) is 0 Å². The van der Waals surface area contributed by atoms with E-state index < -0.39 is 0 Å². The molecule has 3 N–H and O–H groups in total. The normalized spacial score (nSPS) is 17.9. The number of nitrogens with zero attached hydrogens (tertiary/aromatic N) is 1. The van der Waals surface area contributed by atoms with E-state index >= 15 is 0 Å². The fourth-order valence-electron chi connectivity index (χ4n) is 2.06. The van der Waals surface area contributed by atoms with Gasteiger partial charge in [0.05, 0.1) is 6.04 Å². The largest absolute Gasteiger partial charge is 0.396 e. The molecule has 0 aromatic carbocycles. The lowest BCUT2D eigenvalue weighted by molar-refractivity contribution is -0.137. The number of amides is 1. The lowest BCUT2D eigenvalue weighted by Crippen LogP contribution is -2.51. The molecule has 0 saturated heterocycles. The molecule has 0 heterocycles. The Bertz CT molecular complexity index is 217. The van der Waals surface area contributed by atoms with Crippen molar-refractivity contribution in [2.45, 2.75) is 57.5 Å². The highest BCUT2D eigenvalue weighted by Crippen LogP contribution is 2.25. The first-order valence-electron chi connectivity index (χ1n) is 6.37. The predicted octanol–water partition coefficient (Wildman–Crippen LogP) is 0.877. The Labute approximate surface area is 97.8 Å². The molecule has 0 aromatic rings. The Morgan fingerprint density at radius 3 is 2.69 bits per heavy atom. The quantitative estimate of drug-likeness (QED) is 0.679. The molecule has 1 unspecified atom stereocenters. The van der Waals surface area contributed by atoms with Gasteiger partial charge in [0.2, 0.25) is 5.91 Å². The van der Waals surface area contributed by atoms with E-state index in [1.807, 2.05) is 11.8 Å². The molecule has 1 aliphatic rings. The standard InChI is InChI=1S/C12H24N2O2/c1-2-5-11(13)12(16)14(8-4-9-15)10-6-3-7-10/h10-11,15H,2-9,13H2,1H3. The third-order valence-electron chi connectivity index (χ3n) is 3.27. The smallest absolute Gasteiger partial charge is 0.239 e.